The SMILES string of the molecule is O=C1C(=Cc2nc3sc(-c4ccccc4)nc3o2)C(=O)c2c(Cl)ccc(Cl)c21. The number of oxazole rings is 1. The lowest BCUT2D eigenvalue weighted by molar-refractivity contribution is 0.0990. The van der Waals surface area contributed by atoms with Gasteiger partial charge in [0.05, 0.1) is 26.7 Å². The Morgan fingerprint density at radius 3 is 2.14 bits per heavy atom. The van der Waals surface area contributed by atoms with Gasteiger partial charge in [-0.2, -0.15) is 9.97 Å². The molecule has 0 radical (unpaired) electrons. The maximum atomic E-state index is 12.7. The predicted molar refractivity (Wildman–Crippen MR) is 108 cm³/mol. The van der Waals surface area contributed by atoms with Gasteiger partial charge in [-0.3, -0.25) is 9.59 Å². The van der Waals surface area contributed by atoms with Gasteiger partial charge in [0.1, 0.15) is 5.01 Å². The van der Waals surface area contributed by atoms with Crippen molar-refractivity contribution >= 4 is 62.7 Å². The number of thiazole rings is 1. The van der Waals surface area contributed by atoms with Gasteiger partial charge in [-0.05, 0) is 12.1 Å². The molecule has 5 rings (SSSR count). The number of hydrogen-bond acceptors (Lipinski definition) is 6. The number of fused-ring (bicyclic) bond motifs is 2. The summed E-state index contributed by atoms with van der Waals surface area (Å²) in [6.07, 6.45) is 1.31. The monoisotopic (exact) mass is 426 g/mol. The van der Waals surface area contributed by atoms with E-state index < -0.39 is 11.6 Å². The maximum Gasteiger partial charge on any atom is 0.259 e. The highest BCUT2D eigenvalue weighted by atomic mass is 35.5. The number of carbonyl (C=O) groups is 2. The normalized spacial score (nSPS) is 13.4. The Morgan fingerprint density at radius 2 is 1.54 bits per heavy atom. The first-order valence-corrected chi connectivity index (χ1v) is 9.72. The van der Waals surface area contributed by atoms with Crippen LogP contribution in [0.4, 0.5) is 0 Å². The largest absolute Gasteiger partial charge is 0.417 e. The third-order valence-electron chi connectivity index (χ3n) is 4.33. The predicted octanol–water partition coefficient (Wildman–Crippen LogP) is 5.72. The van der Waals surface area contributed by atoms with Gasteiger partial charge in [-0.1, -0.05) is 64.9 Å². The zero-order valence-corrected chi connectivity index (χ0v) is 16.2. The van der Waals surface area contributed by atoms with Crippen LogP contribution in [0.5, 0.6) is 0 Å². The number of halogens is 2. The molecule has 0 spiro atoms. The lowest BCUT2D eigenvalue weighted by Crippen LogP contribution is -2.00. The standard InChI is InChI=1S/C20H8Cl2N2O3S/c21-11-6-7-12(22)15-14(11)16(25)10(17(15)26)8-13-23-20-18(27-13)24-19(28-20)9-4-2-1-3-5-9/h1-8H. The van der Waals surface area contributed by atoms with E-state index >= 15 is 0 Å². The Hall–Kier alpha value is -2.80. The summed E-state index contributed by atoms with van der Waals surface area (Å²) in [5.41, 5.74) is 1.46. The first-order valence-electron chi connectivity index (χ1n) is 8.15. The number of carbonyl (C=O) groups excluding carboxylic acids is 2. The molecule has 5 nitrogen and oxygen atoms in total. The molecule has 4 aromatic rings. The first kappa shape index (κ1) is 17.3. The first-order chi connectivity index (χ1) is 13.5. The van der Waals surface area contributed by atoms with E-state index in [0.29, 0.717) is 10.5 Å². The number of hydrogen-bond donors (Lipinski definition) is 0. The van der Waals surface area contributed by atoms with Crippen molar-refractivity contribution in [1.82, 2.24) is 9.97 Å². The van der Waals surface area contributed by atoms with Crippen LogP contribution in [0.1, 0.15) is 26.6 Å². The van der Waals surface area contributed by atoms with Crippen LogP contribution in [0.15, 0.2) is 52.5 Å². The van der Waals surface area contributed by atoms with Gasteiger partial charge in [-0.15, -0.1) is 0 Å². The van der Waals surface area contributed by atoms with Crippen molar-refractivity contribution in [2.24, 2.45) is 0 Å². The zero-order valence-electron chi connectivity index (χ0n) is 13.9. The molecule has 0 N–H and O–H groups in total. The molecule has 2 heterocycles. The molecule has 0 atom stereocenters. The molecule has 0 saturated carbocycles. The quantitative estimate of drug-likeness (QED) is 0.302. The highest BCUT2D eigenvalue weighted by Crippen LogP contribution is 2.37. The van der Waals surface area contributed by atoms with Crippen molar-refractivity contribution < 1.29 is 14.0 Å². The molecule has 0 fully saturated rings. The van der Waals surface area contributed by atoms with Gasteiger partial charge in [0, 0.05) is 11.6 Å². The summed E-state index contributed by atoms with van der Waals surface area (Å²) in [6, 6.07) is 12.7. The van der Waals surface area contributed by atoms with Crippen LogP contribution in [0.2, 0.25) is 10.0 Å². The second-order valence-corrected chi connectivity index (χ2v) is 7.83. The molecule has 0 saturated heterocycles. The molecule has 1 aliphatic rings. The average Bonchev–Trinajstić information content (AvgIpc) is 3.32. The fourth-order valence-electron chi connectivity index (χ4n) is 3.05. The second kappa shape index (κ2) is 6.38. The van der Waals surface area contributed by atoms with E-state index in [2.05, 4.69) is 9.97 Å². The van der Waals surface area contributed by atoms with Crippen LogP contribution in [-0.2, 0) is 0 Å². The summed E-state index contributed by atoms with van der Waals surface area (Å²) < 4.78 is 5.63. The fraction of sp³-hybridized carbons (Fsp3) is 0. The molecule has 28 heavy (non-hydrogen) atoms. The Balaban J connectivity index is 1.55. The van der Waals surface area contributed by atoms with Crippen molar-refractivity contribution in [3.8, 4) is 10.6 Å². The number of nitrogens with zero attached hydrogens (tertiary/aromatic N) is 2. The molecule has 1 aliphatic carbocycles. The van der Waals surface area contributed by atoms with Crippen molar-refractivity contribution in [2.45, 2.75) is 0 Å². The Bertz CT molecular complexity index is 1250. The molecule has 0 unspecified atom stereocenters. The molecule has 8 heteroatoms. The number of aromatic nitrogens is 2. The van der Waals surface area contributed by atoms with Crippen LogP contribution in [0.3, 0.4) is 0 Å². The summed E-state index contributed by atoms with van der Waals surface area (Å²) in [5.74, 6) is -0.857. The number of Topliss-reactive ketones (excluding diaryl/α,β-unsaturated/α-hetero) is 2. The van der Waals surface area contributed by atoms with E-state index in [4.69, 9.17) is 27.6 Å². The minimum Gasteiger partial charge on any atom is -0.417 e. The summed E-state index contributed by atoms with van der Waals surface area (Å²) in [4.78, 5) is 34.7. The third-order valence-corrected chi connectivity index (χ3v) is 5.94. The van der Waals surface area contributed by atoms with E-state index in [-0.39, 0.29) is 32.6 Å². The lowest BCUT2D eigenvalue weighted by Gasteiger charge is -2.00. The van der Waals surface area contributed by atoms with Crippen LogP contribution in [0, 0.1) is 0 Å². The highest BCUT2D eigenvalue weighted by Gasteiger charge is 2.37. The number of allylic oxidation sites excluding steroid dienone is 1. The maximum absolute atomic E-state index is 12.7. The van der Waals surface area contributed by atoms with E-state index in [1.54, 1.807) is 0 Å². The van der Waals surface area contributed by atoms with Crippen molar-refractivity contribution in [3.63, 3.8) is 0 Å². The van der Waals surface area contributed by atoms with E-state index in [9.17, 15) is 9.59 Å². The minimum absolute atomic E-state index is 0.0813. The van der Waals surface area contributed by atoms with Gasteiger partial charge in [0.2, 0.25) is 5.89 Å². The Kier molecular flexibility index (Phi) is 3.94. The zero-order chi connectivity index (χ0) is 19.4. The Labute approximate surface area is 172 Å². The average molecular weight is 427 g/mol. The van der Waals surface area contributed by atoms with E-state index in [0.717, 1.165) is 10.6 Å². The molecule has 0 aliphatic heterocycles. The van der Waals surface area contributed by atoms with Gasteiger partial charge in [0.25, 0.3) is 5.71 Å². The molecule has 2 aromatic carbocycles. The fourth-order valence-corrected chi connectivity index (χ4v) is 4.41. The summed E-state index contributed by atoms with van der Waals surface area (Å²) in [5, 5.41) is 1.15. The summed E-state index contributed by atoms with van der Waals surface area (Å²) in [6.45, 7) is 0. The molecule has 2 aromatic heterocycles. The van der Waals surface area contributed by atoms with E-state index in [1.165, 1.54) is 29.5 Å². The van der Waals surface area contributed by atoms with Gasteiger partial charge < -0.3 is 4.42 Å². The van der Waals surface area contributed by atoms with Crippen molar-refractivity contribution in [3.05, 3.63) is 75.1 Å². The number of benzene rings is 2. The number of rotatable bonds is 2. The van der Waals surface area contributed by atoms with Crippen molar-refractivity contribution in [1.29, 1.82) is 0 Å². The van der Waals surface area contributed by atoms with Crippen LogP contribution in [-0.4, -0.2) is 21.5 Å². The molecule has 136 valence electrons. The van der Waals surface area contributed by atoms with Gasteiger partial charge in [-0.25, -0.2) is 0 Å². The Morgan fingerprint density at radius 1 is 0.893 bits per heavy atom. The van der Waals surface area contributed by atoms with Crippen LogP contribution < -0.4 is 0 Å². The second-order valence-electron chi connectivity index (χ2n) is 6.04. The minimum atomic E-state index is -0.494. The lowest BCUT2D eigenvalue weighted by atomic mass is 10.1. The molecule has 0 bridgehead atoms. The smallest absolute Gasteiger partial charge is 0.259 e. The summed E-state index contributed by atoms with van der Waals surface area (Å²) in [7, 11) is 0. The van der Waals surface area contributed by atoms with Gasteiger partial charge in [0.15, 0.2) is 16.4 Å². The van der Waals surface area contributed by atoms with Crippen LogP contribution >= 0.6 is 34.5 Å². The number of ketones is 2. The van der Waals surface area contributed by atoms with Gasteiger partial charge >= 0.3 is 0 Å². The summed E-state index contributed by atoms with van der Waals surface area (Å²) >= 11 is 13.5. The third kappa shape index (κ3) is 2.61. The molecule has 0 amide bonds. The topological polar surface area (TPSA) is 73.1 Å². The van der Waals surface area contributed by atoms with E-state index in [1.807, 2.05) is 30.3 Å². The molecular formula is C20H8Cl2N2O3S. The highest BCUT2D eigenvalue weighted by molar-refractivity contribution is 7.21. The van der Waals surface area contributed by atoms with Crippen molar-refractivity contribution in [2.75, 3.05) is 0 Å². The van der Waals surface area contributed by atoms with Crippen LogP contribution in [0.25, 0.3) is 27.2 Å². The molecular weight excluding hydrogens is 419 g/mol.